The van der Waals surface area contributed by atoms with Crippen LogP contribution in [0, 0.1) is 11.3 Å². The molecule has 1 atom stereocenters. The zero-order chi connectivity index (χ0) is 10.5. The Balaban J connectivity index is 1.53. The van der Waals surface area contributed by atoms with E-state index in [2.05, 4.69) is 10.6 Å². The van der Waals surface area contributed by atoms with Crippen molar-refractivity contribution in [2.24, 2.45) is 11.3 Å². The summed E-state index contributed by atoms with van der Waals surface area (Å²) < 4.78 is 0. The van der Waals surface area contributed by atoms with Gasteiger partial charge in [-0.1, -0.05) is 0 Å². The van der Waals surface area contributed by atoms with Crippen molar-refractivity contribution in [1.82, 2.24) is 10.6 Å². The van der Waals surface area contributed by atoms with Crippen LogP contribution in [0.15, 0.2) is 0 Å². The van der Waals surface area contributed by atoms with E-state index in [-0.39, 0.29) is 17.9 Å². The average molecular weight is 208 g/mol. The first-order valence-corrected chi connectivity index (χ1v) is 5.77. The van der Waals surface area contributed by atoms with E-state index in [9.17, 15) is 9.59 Å². The van der Waals surface area contributed by atoms with Gasteiger partial charge in [0.2, 0.25) is 11.8 Å². The van der Waals surface area contributed by atoms with Gasteiger partial charge in [0.05, 0.1) is 12.5 Å². The maximum absolute atomic E-state index is 11.3. The molecule has 0 aromatic rings. The minimum absolute atomic E-state index is 0.145. The minimum atomic E-state index is -0.270. The molecular formula is C11H16N2O2. The molecule has 2 aliphatic carbocycles. The second kappa shape index (κ2) is 3.04. The molecule has 4 nitrogen and oxygen atoms in total. The summed E-state index contributed by atoms with van der Waals surface area (Å²) in [4.78, 5) is 22.3. The van der Waals surface area contributed by atoms with Crippen molar-refractivity contribution >= 4 is 11.8 Å². The van der Waals surface area contributed by atoms with Gasteiger partial charge in [-0.25, -0.2) is 0 Å². The Morgan fingerprint density at radius 2 is 2.07 bits per heavy atom. The van der Waals surface area contributed by atoms with E-state index in [1.54, 1.807) is 0 Å². The number of nitrogens with one attached hydrogen (secondary N) is 2. The number of hydrogen-bond acceptors (Lipinski definition) is 3. The molecule has 4 heteroatoms. The summed E-state index contributed by atoms with van der Waals surface area (Å²) in [6, 6.07) is -0.270. The normalized spacial score (nSPS) is 32.9. The van der Waals surface area contributed by atoms with Gasteiger partial charge in [-0.15, -0.1) is 0 Å². The maximum Gasteiger partial charge on any atom is 0.244 e. The number of carbonyl (C=O) groups is 2. The van der Waals surface area contributed by atoms with Gasteiger partial charge in [0, 0.05) is 6.54 Å². The third-order valence-electron chi connectivity index (χ3n) is 4.00. The number of imide groups is 1. The smallest absolute Gasteiger partial charge is 0.244 e. The fraction of sp³-hybridized carbons (Fsp3) is 0.818. The van der Waals surface area contributed by atoms with Crippen molar-refractivity contribution in [1.29, 1.82) is 0 Å². The van der Waals surface area contributed by atoms with Crippen LogP contribution in [0.3, 0.4) is 0 Å². The molecule has 0 bridgehead atoms. The van der Waals surface area contributed by atoms with Crippen LogP contribution in [0.4, 0.5) is 0 Å². The third kappa shape index (κ3) is 1.67. The predicted octanol–water partition coefficient (Wildman–Crippen LogP) is 0.181. The Kier molecular flexibility index (Phi) is 1.89. The standard InChI is InChI=1S/C11H16N2O2/c14-9-5-8(10(15)13-9)12-6-11(3-4-11)7-1-2-7/h7-8,12H,1-6H2,(H,13,14,15). The van der Waals surface area contributed by atoms with Gasteiger partial charge in [0.1, 0.15) is 0 Å². The number of rotatable bonds is 4. The molecule has 15 heavy (non-hydrogen) atoms. The lowest BCUT2D eigenvalue weighted by Gasteiger charge is -2.17. The van der Waals surface area contributed by atoms with E-state index in [1.165, 1.54) is 25.7 Å². The molecule has 0 aromatic heterocycles. The molecule has 1 aliphatic heterocycles. The molecule has 3 aliphatic rings. The fourth-order valence-electron chi connectivity index (χ4n) is 2.63. The fourth-order valence-corrected chi connectivity index (χ4v) is 2.63. The molecule has 82 valence electrons. The summed E-state index contributed by atoms with van der Waals surface area (Å²) in [6.07, 6.45) is 5.63. The Labute approximate surface area is 88.8 Å². The first-order chi connectivity index (χ1) is 7.20. The van der Waals surface area contributed by atoms with Crippen LogP contribution < -0.4 is 10.6 Å². The Bertz CT molecular complexity index is 319. The van der Waals surface area contributed by atoms with Gasteiger partial charge in [-0.2, -0.15) is 0 Å². The van der Waals surface area contributed by atoms with Gasteiger partial charge in [0.25, 0.3) is 0 Å². The van der Waals surface area contributed by atoms with E-state index in [1.807, 2.05) is 0 Å². The van der Waals surface area contributed by atoms with Crippen LogP contribution in [-0.2, 0) is 9.59 Å². The van der Waals surface area contributed by atoms with Gasteiger partial charge < -0.3 is 5.32 Å². The maximum atomic E-state index is 11.3. The van der Waals surface area contributed by atoms with E-state index in [0.717, 1.165) is 12.5 Å². The molecule has 1 heterocycles. The van der Waals surface area contributed by atoms with Gasteiger partial charge in [0.15, 0.2) is 0 Å². The summed E-state index contributed by atoms with van der Waals surface area (Å²) in [7, 11) is 0. The first kappa shape index (κ1) is 9.33. The second-order valence-electron chi connectivity index (χ2n) is 5.19. The van der Waals surface area contributed by atoms with Gasteiger partial charge in [-0.05, 0) is 37.0 Å². The molecule has 2 N–H and O–H groups in total. The molecule has 0 radical (unpaired) electrons. The quantitative estimate of drug-likeness (QED) is 0.648. The number of amides is 2. The third-order valence-corrected chi connectivity index (χ3v) is 4.00. The van der Waals surface area contributed by atoms with Crippen molar-refractivity contribution < 1.29 is 9.59 Å². The van der Waals surface area contributed by atoms with Crippen LogP contribution >= 0.6 is 0 Å². The van der Waals surface area contributed by atoms with Crippen LogP contribution in [0.2, 0.25) is 0 Å². The highest BCUT2D eigenvalue weighted by molar-refractivity contribution is 6.05. The predicted molar refractivity (Wildman–Crippen MR) is 53.9 cm³/mol. The highest BCUT2D eigenvalue weighted by Gasteiger charge is 2.53. The molecule has 2 saturated carbocycles. The average Bonchev–Trinajstić information content (AvgIpc) is 3.04. The molecule has 2 amide bonds. The largest absolute Gasteiger partial charge is 0.305 e. The molecule has 1 unspecified atom stereocenters. The highest BCUT2D eigenvalue weighted by Crippen LogP contribution is 2.60. The number of carbonyl (C=O) groups excluding carboxylic acids is 2. The Hall–Kier alpha value is -0.900. The SMILES string of the molecule is O=C1CC(NCC2(C3CC3)CC2)C(=O)N1. The summed E-state index contributed by atoms with van der Waals surface area (Å²) in [5, 5.41) is 5.58. The van der Waals surface area contributed by atoms with Crippen molar-refractivity contribution in [2.45, 2.75) is 38.1 Å². The van der Waals surface area contributed by atoms with E-state index >= 15 is 0 Å². The molecule has 0 aromatic carbocycles. The summed E-state index contributed by atoms with van der Waals surface area (Å²) >= 11 is 0. The van der Waals surface area contributed by atoms with Crippen molar-refractivity contribution in [3.63, 3.8) is 0 Å². The van der Waals surface area contributed by atoms with Crippen molar-refractivity contribution in [2.75, 3.05) is 6.54 Å². The van der Waals surface area contributed by atoms with Crippen LogP contribution in [-0.4, -0.2) is 24.4 Å². The molecule has 0 spiro atoms. The van der Waals surface area contributed by atoms with E-state index < -0.39 is 0 Å². The summed E-state index contributed by atoms with van der Waals surface area (Å²) in [6.45, 7) is 0.920. The summed E-state index contributed by atoms with van der Waals surface area (Å²) in [5.41, 5.74) is 0.492. The second-order valence-corrected chi connectivity index (χ2v) is 5.19. The van der Waals surface area contributed by atoms with Crippen molar-refractivity contribution in [3.05, 3.63) is 0 Å². The van der Waals surface area contributed by atoms with Gasteiger partial charge in [-0.3, -0.25) is 14.9 Å². The zero-order valence-corrected chi connectivity index (χ0v) is 8.71. The monoisotopic (exact) mass is 208 g/mol. The number of hydrogen-bond donors (Lipinski definition) is 2. The Morgan fingerprint density at radius 1 is 1.33 bits per heavy atom. The highest BCUT2D eigenvalue weighted by atomic mass is 16.2. The van der Waals surface area contributed by atoms with Gasteiger partial charge >= 0.3 is 0 Å². The lowest BCUT2D eigenvalue weighted by Crippen LogP contribution is -2.39. The molecule has 1 saturated heterocycles. The van der Waals surface area contributed by atoms with Crippen LogP contribution in [0.25, 0.3) is 0 Å². The Morgan fingerprint density at radius 3 is 2.53 bits per heavy atom. The first-order valence-electron chi connectivity index (χ1n) is 5.77. The van der Waals surface area contributed by atoms with E-state index in [0.29, 0.717) is 11.8 Å². The van der Waals surface area contributed by atoms with Crippen LogP contribution in [0.5, 0.6) is 0 Å². The molecule has 3 rings (SSSR count). The zero-order valence-electron chi connectivity index (χ0n) is 8.71. The van der Waals surface area contributed by atoms with Crippen molar-refractivity contribution in [3.8, 4) is 0 Å². The minimum Gasteiger partial charge on any atom is -0.305 e. The molecular weight excluding hydrogens is 192 g/mol. The lowest BCUT2D eigenvalue weighted by atomic mass is 10.0. The summed E-state index contributed by atoms with van der Waals surface area (Å²) in [5.74, 6) is 0.602. The van der Waals surface area contributed by atoms with E-state index in [4.69, 9.17) is 0 Å². The van der Waals surface area contributed by atoms with Crippen LogP contribution in [0.1, 0.15) is 32.1 Å². The topological polar surface area (TPSA) is 58.2 Å². The molecule has 3 fully saturated rings. The lowest BCUT2D eigenvalue weighted by molar-refractivity contribution is -0.125.